The fourth-order valence-corrected chi connectivity index (χ4v) is 2.63. The number of para-hydroxylation sites is 2. The van der Waals surface area contributed by atoms with E-state index in [9.17, 15) is 4.79 Å². The summed E-state index contributed by atoms with van der Waals surface area (Å²) in [7, 11) is 0. The van der Waals surface area contributed by atoms with Crippen LogP contribution in [0.2, 0.25) is 10.0 Å². The molecule has 136 valence electrons. The first-order chi connectivity index (χ1) is 12.2. The number of carbonyl (C=O) groups excluding carboxylic acids is 1. The van der Waals surface area contributed by atoms with Crippen molar-refractivity contribution in [2.24, 2.45) is 0 Å². The molecule has 0 aliphatic heterocycles. The number of benzene rings is 2. The molecule has 8 heteroatoms. The summed E-state index contributed by atoms with van der Waals surface area (Å²) in [6.45, 7) is 5.42. The summed E-state index contributed by atoms with van der Waals surface area (Å²) in [4.78, 5) is 19.6. The average Bonchev–Trinajstić information content (AvgIpc) is 2.89. The molecule has 0 aliphatic rings. The summed E-state index contributed by atoms with van der Waals surface area (Å²) >= 11 is 12.1. The lowest BCUT2D eigenvalue weighted by Gasteiger charge is -2.20. The largest absolute Gasteiger partial charge is 0.444 e. The Kier molecular flexibility index (Phi) is 4.98. The molecule has 0 radical (unpaired) electrons. The highest BCUT2D eigenvalue weighted by Crippen LogP contribution is 2.29. The van der Waals surface area contributed by atoms with Crippen molar-refractivity contribution in [1.29, 1.82) is 0 Å². The highest BCUT2D eigenvalue weighted by atomic mass is 35.5. The minimum absolute atomic E-state index is 0.434. The molecule has 0 bridgehead atoms. The van der Waals surface area contributed by atoms with Gasteiger partial charge in [0.05, 0.1) is 32.5 Å². The lowest BCUT2D eigenvalue weighted by atomic mass is 10.2. The molecule has 0 atom stereocenters. The molecule has 3 N–H and O–H groups in total. The molecular weight excluding hydrogens is 375 g/mol. The van der Waals surface area contributed by atoms with Crippen molar-refractivity contribution in [2.75, 3.05) is 10.6 Å². The zero-order chi connectivity index (χ0) is 18.9. The van der Waals surface area contributed by atoms with E-state index in [1.54, 1.807) is 39.0 Å². The molecule has 3 rings (SSSR count). The van der Waals surface area contributed by atoms with Crippen LogP contribution < -0.4 is 10.6 Å². The molecule has 0 saturated heterocycles. The second-order valence-corrected chi connectivity index (χ2v) is 7.48. The summed E-state index contributed by atoms with van der Waals surface area (Å²) in [6.07, 6.45) is -0.532. The molecule has 0 aliphatic carbocycles. The molecule has 0 spiro atoms. The van der Waals surface area contributed by atoms with E-state index in [2.05, 4.69) is 20.6 Å². The monoisotopic (exact) mass is 392 g/mol. The Balaban J connectivity index is 1.83. The van der Waals surface area contributed by atoms with Crippen LogP contribution in [-0.4, -0.2) is 21.7 Å². The Labute approximate surface area is 160 Å². The number of halogens is 2. The number of nitrogens with one attached hydrogen (secondary N) is 3. The lowest BCUT2D eigenvalue weighted by molar-refractivity contribution is 0.0636. The number of anilines is 3. The van der Waals surface area contributed by atoms with Gasteiger partial charge in [0.2, 0.25) is 5.95 Å². The van der Waals surface area contributed by atoms with Crippen LogP contribution in [0, 0.1) is 0 Å². The maximum Gasteiger partial charge on any atom is 0.412 e. The van der Waals surface area contributed by atoms with Gasteiger partial charge in [-0.3, -0.25) is 5.32 Å². The minimum atomic E-state index is -0.580. The Morgan fingerprint density at radius 3 is 2.46 bits per heavy atom. The first kappa shape index (κ1) is 18.4. The standard InChI is InChI=1S/C18H18Cl2N4O2/c1-18(2,3)26-17(25)24-13-7-5-4-6-12(13)21-16-22-14-8-10(19)11(20)9-15(14)23-16/h4-9H,1-3H3,(H,24,25)(H2,21,22,23). The number of rotatable bonds is 3. The van der Waals surface area contributed by atoms with Gasteiger partial charge in [0.15, 0.2) is 0 Å². The molecular formula is C18H18Cl2N4O2. The molecule has 0 saturated carbocycles. The quantitative estimate of drug-likeness (QED) is 0.513. The molecule has 2 aromatic carbocycles. The number of aromatic amines is 1. The molecule has 1 heterocycles. The predicted octanol–water partition coefficient (Wildman–Crippen LogP) is 5.96. The first-order valence-corrected chi connectivity index (χ1v) is 8.68. The first-order valence-electron chi connectivity index (χ1n) is 7.92. The van der Waals surface area contributed by atoms with E-state index >= 15 is 0 Å². The van der Waals surface area contributed by atoms with Gasteiger partial charge in [0.25, 0.3) is 0 Å². The van der Waals surface area contributed by atoms with Gasteiger partial charge in [-0.2, -0.15) is 0 Å². The third kappa shape index (κ3) is 4.39. The van der Waals surface area contributed by atoms with E-state index in [4.69, 9.17) is 27.9 Å². The summed E-state index contributed by atoms with van der Waals surface area (Å²) in [5.41, 5.74) is 2.08. The number of imidazole rings is 1. The molecule has 26 heavy (non-hydrogen) atoms. The zero-order valence-electron chi connectivity index (χ0n) is 14.5. The fourth-order valence-electron chi connectivity index (χ4n) is 2.31. The second kappa shape index (κ2) is 7.05. The summed E-state index contributed by atoms with van der Waals surface area (Å²) in [5.74, 6) is 0.497. The van der Waals surface area contributed by atoms with Crippen molar-refractivity contribution in [3.05, 3.63) is 46.4 Å². The normalized spacial score (nSPS) is 11.4. The summed E-state index contributed by atoms with van der Waals surface area (Å²) in [5, 5.41) is 6.76. The zero-order valence-corrected chi connectivity index (χ0v) is 16.0. The Hall–Kier alpha value is -2.44. The molecule has 6 nitrogen and oxygen atoms in total. The third-order valence-corrected chi connectivity index (χ3v) is 4.06. The Bertz CT molecular complexity index is 924. The molecule has 1 amide bonds. The highest BCUT2D eigenvalue weighted by molar-refractivity contribution is 6.42. The highest BCUT2D eigenvalue weighted by Gasteiger charge is 2.17. The van der Waals surface area contributed by atoms with Gasteiger partial charge in [-0.25, -0.2) is 9.78 Å². The van der Waals surface area contributed by atoms with Crippen molar-refractivity contribution >= 4 is 57.7 Å². The van der Waals surface area contributed by atoms with E-state index in [1.807, 2.05) is 18.2 Å². The Morgan fingerprint density at radius 1 is 1.12 bits per heavy atom. The van der Waals surface area contributed by atoms with Gasteiger partial charge in [-0.15, -0.1) is 0 Å². The van der Waals surface area contributed by atoms with E-state index in [-0.39, 0.29) is 0 Å². The molecule has 1 aromatic heterocycles. The summed E-state index contributed by atoms with van der Waals surface area (Å²) < 4.78 is 5.29. The van der Waals surface area contributed by atoms with Crippen LogP contribution in [0.1, 0.15) is 20.8 Å². The smallest absolute Gasteiger partial charge is 0.412 e. The van der Waals surface area contributed by atoms with Crippen molar-refractivity contribution in [1.82, 2.24) is 9.97 Å². The topological polar surface area (TPSA) is 79.0 Å². The van der Waals surface area contributed by atoms with Crippen molar-refractivity contribution < 1.29 is 9.53 Å². The third-order valence-electron chi connectivity index (χ3n) is 3.34. The fraction of sp³-hybridized carbons (Fsp3) is 0.222. The van der Waals surface area contributed by atoms with Crippen molar-refractivity contribution in [2.45, 2.75) is 26.4 Å². The van der Waals surface area contributed by atoms with Crippen LogP contribution in [0.15, 0.2) is 36.4 Å². The van der Waals surface area contributed by atoms with Gasteiger partial charge in [-0.05, 0) is 45.0 Å². The number of amides is 1. The van der Waals surface area contributed by atoms with Crippen LogP contribution in [0.25, 0.3) is 11.0 Å². The van der Waals surface area contributed by atoms with Crippen LogP contribution in [0.3, 0.4) is 0 Å². The number of hydrogen-bond donors (Lipinski definition) is 3. The van der Waals surface area contributed by atoms with Crippen molar-refractivity contribution in [3.8, 4) is 0 Å². The van der Waals surface area contributed by atoms with Crippen molar-refractivity contribution in [3.63, 3.8) is 0 Å². The number of H-pyrrole nitrogens is 1. The van der Waals surface area contributed by atoms with E-state index < -0.39 is 11.7 Å². The number of nitrogens with zero attached hydrogens (tertiary/aromatic N) is 1. The summed E-state index contributed by atoms with van der Waals surface area (Å²) in [6, 6.07) is 10.6. The van der Waals surface area contributed by atoms with E-state index in [0.29, 0.717) is 32.9 Å². The number of carbonyl (C=O) groups is 1. The molecule has 0 unspecified atom stereocenters. The SMILES string of the molecule is CC(C)(C)OC(=O)Nc1ccccc1Nc1nc2cc(Cl)c(Cl)cc2[nH]1. The number of ether oxygens (including phenoxy) is 1. The van der Waals surface area contributed by atoms with Crippen LogP contribution in [0.4, 0.5) is 22.1 Å². The predicted molar refractivity (Wildman–Crippen MR) is 106 cm³/mol. The Morgan fingerprint density at radius 2 is 1.77 bits per heavy atom. The van der Waals surface area contributed by atoms with E-state index in [0.717, 1.165) is 5.52 Å². The van der Waals surface area contributed by atoms with Crippen LogP contribution in [0.5, 0.6) is 0 Å². The van der Waals surface area contributed by atoms with Gasteiger partial charge in [-0.1, -0.05) is 35.3 Å². The lowest BCUT2D eigenvalue weighted by Crippen LogP contribution is -2.27. The maximum absolute atomic E-state index is 12.0. The van der Waals surface area contributed by atoms with Gasteiger partial charge in [0, 0.05) is 0 Å². The van der Waals surface area contributed by atoms with E-state index in [1.165, 1.54) is 0 Å². The van der Waals surface area contributed by atoms with Gasteiger partial charge in [0.1, 0.15) is 5.60 Å². The maximum atomic E-state index is 12.0. The molecule has 0 fully saturated rings. The van der Waals surface area contributed by atoms with Crippen LogP contribution >= 0.6 is 23.2 Å². The number of hydrogen-bond acceptors (Lipinski definition) is 4. The van der Waals surface area contributed by atoms with Crippen LogP contribution in [-0.2, 0) is 4.74 Å². The number of fused-ring (bicyclic) bond motifs is 1. The number of aromatic nitrogens is 2. The molecule has 3 aromatic rings. The second-order valence-electron chi connectivity index (χ2n) is 6.67. The van der Waals surface area contributed by atoms with Gasteiger partial charge < -0.3 is 15.0 Å². The van der Waals surface area contributed by atoms with Gasteiger partial charge >= 0.3 is 6.09 Å². The minimum Gasteiger partial charge on any atom is -0.444 e. The average molecular weight is 393 g/mol.